The Balaban J connectivity index is 1.31. The molecule has 0 radical (unpaired) electrons. The summed E-state index contributed by atoms with van der Waals surface area (Å²) >= 11 is 0. The zero-order valence-electron chi connectivity index (χ0n) is 36.9. The molecule has 1 nitrogen and oxygen atoms in total. The van der Waals surface area contributed by atoms with Crippen molar-refractivity contribution in [2.24, 2.45) is 0 Å². The Bertz CT molecular complexity index is 3430. The summed E-state index contributed by atoms with van der Waals surface area (Å²) < 4.78 is 103. The van der Waals surface area contributed by atoms with Crippen LogP contribution in [0.5, 0.6) is 0 Å². The molecule has 0 amide bonds. The van der Waals surface area contributed by atoms with E-state index in [1.807, 2.05) is 66.7 Å². The van der Waals surface area contributed by atoms with Crippen LogP contribution >= 0.6 is 0 Å². The topological polar surface area (TPSA) is 13.1 Å². The molecule has 0 bridgehead atoms. The van der Waals surface area contributed by atoms with E-state index in [-0.39, 0.29) is 39.1 Å². The largest absolute Gasteiger partial charge is 0.456 e. The van der Waals surface area contributed by atoms with Gasteiger partial charge in [0.15, 0.2) is 0 Å². The highest BCUT2D eigenvalue weighted by molar-refractivity contribution is 6.25. The normalized spacial score (nSPS) is 14.8. The fourth-order valence-corrected chi connectivity index (χ4v) is 7.16. The van der Waals surface area contributed by atoms with Crippen LogP contribution in [0, 0.1) is 0 Å². The third kappa shape index (κ3) is 4.40. The second-order valence-electron chi connectivity index (χ2n) is 12.0. The molecule has 0 aliphatic heterocycles. The standard InChI is InChI=1S/C48H30O/c1-2-13-31(14-3-1)33-27-28-42-45(30-33)49-44-26-12-25-43(48(42)44)47-40-22-8-6-20-38(40)46(39-21-7-9-23-41(39)47)35-18-10-17-34(29-35)37-24-11-16-32-15-4-5-19-36(32)37/h1-30H/i1D,2D,3D,12D,13D,14D,25D,26D,27D,28D,30D. The minimum absolute atomic E-state index is 0.0480. The van der Waals surface area contributed by atoms with E-state index in [0.717, 1.165) is 54.6 Å². The van der Waals surface area contributed by atoms with E-state index >= 15 is 0 Å². The predicted molar refractivity (Wildman–Crippen MR) is 208 cm³/mol. The van der Waals surface area contributed by atoms with Crippen LogP contribution in [0.15, 0.2) is 186 Å². The fraction of sp³-hybridized carbons (Fsp3) is 0. The molecule has 1 heteroatoms. The molecule has 1 heterocycles. The SMILES string of the molecule is [2H]c1c([2H])c([2H])c(-c2c([2H])c([2H])c3c(oc4c([2H])c([2H])c([2H])c(-c5c6ccccc6c(-c6cccc(-c7cccc8ccccc78)c6)c6ccccc56)c43)c2[2H])c([2H])c1[2H]. The van der Waals surface area contributed by atoms with Crippen molar-refractivity contribution < 1.29 is 19.5 Å². The number of hydrogen-bond acceptors (Lipinski definition) is 1. The number of hydrogen-bond donors (Lipinski definition) is 0. The third-order valence-corrected chi connectivity index (χ3v) is 9.26. The molecule has 0 fully saturated rings. The molecule has 228 valence electrons. The van der Waals surface area contributed by atoms with E-state index in [2.05, 4.69) is 48.5 Å². The van der Waals surface area contributed by atoms with Crippen molar-refractivity contribution in [2.75, 3.05) is 0 Å². The van der Waals surface area contributed by atoms with Crippen molar-refractivity contribution in [1.82, 2.24) is 0 Å². The second kappa shape index (κ2) is 11.1. The van der Waals surface area contributed by atoms with E-state index in [1.54, 1.807) is 0 Å². The fourth-order valence-electron chi connectivity index (χ4n) is 7.16. The van der Waals surface area contributed by atoms with Crippen LogP contribution in [0.1, 0.15) is 15.1 Å². The smallest absolute Gasteiger partial charge is 0.136 e. The summed E-state index contributed by atoms with van der Waals surface area (Å²) in [5, 5.41) is 5.47. The number of fused-ring (bicyclic) bond motifs is 6. The van der Waals surface area contributed by atoms with Crippen LogP contribution in [0.3, 0.4) is 0 Å². The first-order chi connectivity index (χ1) is 28.9. The minimum atomic E-state index is -0.656. The molecule has 0 aliphatic carbocycles. The molecular formula is C48H30O. The van der Waals surface area contributed by atoms with Gasteiger partial charge >= 0.3 is 0 Å². The number of furan rings is 1. The van der Waals surface area contributed by atoms with Crippen molar-refractivity contribution in [2.45, 2.75) is 0 Å². The van der Waals surface area contributed by atoms with Crippen molar-refractivity contribution in [3.63, 3.8) is 0 Å². The molecule has 0 unspecified atom stereocenters. The average Bonchev–Trinajstić information content (AvgIpc) is 3.68. The van der Waals surface area contributed by atoms with Gasteiger partial charge in [-0.2, -0.15) is 0 Å². The summed E-state index contributed by atoms with van der Waals surface area (Å²) in [5.74, 6) is 0. The highest BCUT2D eigenvalue weighted by atomic mass is 16.3. The van der Waals surface area contributed by atoms with Crippen molar-refractivity contribution >= 4 is 54.3 Å². The summed E-state index contributed by atoms with van der Waals surface area (Å²) in [4.78, 5) is 0. The highest BCUT2D eigenvalue weighted by Crippen LogP contribution is 2.47. The van der Waals surface area contributed by atoms with Gasteiger partial charge in [0.1, 0.15) is 11.2 Å². The molecule has 0 atom stereocenters. The quantitative estimate of drug-likeness (QED) is 0.176. The lowest BCUT2D eigenvalue weighted by atomic mass is 9.84. The molecule has 9 aromatic carbocycles. The number of benzene rings is 9. The molecule has 1 aromatic heterocycles. The lowest BCUT2D eigenvalue weighted by Crippen LogP contribution is -1.91. The van der Waals surface area contributed by atoms with Crippen molar-refractivity contribution in [3.05, 3.63) is 182 Å². The van der Waals surface area contributed by atoms with E-state index in [1.165, 1.54) is 0 Å². The van der Waals surface area contributed by atoms with E-state index in [0.29, 0.717) is 5.56 Å². The average molecular weight is 634 g/mol. The zero-order chi connectivity index (χ0) is 41.9. The van der Waals surface area contributed by atoms with Gasteiger partial charge in [0, 0.05) is 10.8 Å². The van der Waals surface area contributed by atoms with Crippen LogP contribution in [0.25, 0.3) is 98.8 Å². The molecule has 0 saturated carbocycles. The van der Waals surface area contributed by atoms with Gasteiger partial charge in [-0.15, -0.1) is 0 Å². The number of rotatable bonds is 4. The maximum Gasteiger partial charge on any atom is 0.136 e. The van der Waals surface area contributed by atoms with Gasteiger partial charge in [0.25, 0.3) is 0 Å². The van der Waals surface area contributed by atoms with Gasteiger partial charge in [0.2, 0.25) is 0 Å². The van der Waals surface area contributed by atoms with Gasteiger partial charge in [-0.1, -0.05) is 158 Å². The van der Waals surface area contributed by atoms with Crippen LogP contribution in [0.2, 0.25) is 0 Å². The monoisotopic (exact) mass is 633 g/mol. The molecule has 0 spiro atoms. The van der Waals surface area contributed by atoms with Crippen LogP contribution in [0.4, 0.5) is 0 Å². The Kier molecular flexibility index (Phi) is 4.25. The van der Waals surface area contributed by atoms with Crippen LogP contribution in [-0.4, -0.2) is 0 Å². The first-order valence-corrected chi connectivity index (χ1v) is 16.0. The Hall–Kier alpha value is -6.44. The van der Waals surface area contributed by atoms with Crippen molar-refractivity contribution in [3.8, 4) is 44.5 Å². The van der Waals surface area contributed by atoms with E-state index < -0.39 is 66.0 Å². The molecular weight excluding hydrogens is 593 g/mol. The summed E-state index contributed by atoms with van der Waals surface area (Å²) in [6.07, 6.45) is 0. The minimum Gasteiger partial charge on any atom is -0.456 e. The lowest BCUT2D eigenvalue weighted by molar-refractivity contribution is 0.669. The van der Waals surface area contributed by atoms with Crippen LogP contribution < -0.4 is 0 Å². The highest BCUT2D eigenvalue weighted by Gasteiger charge is 2.20. The molecule has 10 aromatic rings. The Morgan fingerprint density at radius 3 is 1.82 bits per heavy atom. The van der Waals surface area contributed by atoms with Gasteiger partial charge in [-0.25, -0.2) is 0 Å². The maximum atomic E-state index is 9.49. The zero-order valence-corrected chi connectivity index (χ0v) is 25.9. The Morgan fingerprint density at radius 2 is 1.04 bits per heavy atom. The van der Waals surface area contributed by atoms with Gasteiger partial charge in [0.05, 0.1) is 15.1 Å². The molecule has 10 rings (SSSR count). The van der Waals surface area contributed by atoms with E-state index in [4.69, 9.17) is 14.0 Å². The summed E-state index contributed by atoms with van der Waals surface area (Å²) in [7, 11) is 0. The third-order valence-electron chi connectivity index (χ3n) is 9.26. The van der Waals surface area contributed by atoms with E-state index in [9.17, 15) is 5.48 Å². The molecule has 0 saturated heterocycles. The van der Waals surface area contributed by atoms with Crippen molar-refractivity contribution in [1.29, 1.82) is 0 Å². The maximum absolute atomic E-state index is 9.49. The molecule has 0 aliphatic rings. The van der Waals surface area contributed by atoms with Gasteiger partial charge in [-0.3, -0.25) is 0 Å². The Morgan fingerprint density at radius 1 is 0.388 bits per heavy atom. The van der Waals surface area contributed by atoms with Crippen LogP contribution in [-0.2, 0) is 0 Å². The molecule has 0 N–H and O–H groups in total. The summed E-state index contributed by atoms with van der Waals surface area (Å²) in [5.41, 5.74) is 3.54. The van der Waals surface area contributed by atoms with Gasteiger partial charge in [-0.05, 0) is 101 Å². The summed E-state index contributed by atoms with van der Waals surface area (Å²) in [6, 6.07) is 32.5. The summed E-state index contributed by atoms with van der Waals surface area (Å²) in [6.45, 7) is 0. The van der Waals surface area contributed by atoms with Gasteiger partial charge < -0.3 is 4.42 Å². The first kappa shape index (κ1) is 18.8. The molecule has 49 heavy (non-hydrogen) atoms. The Labute approximate surface area is 299 Å². The lowest BCUT2D eigenvalue weighted by Gasteiger charge is -2.19. The first-order valence-electron chi connectivity index (χ1n) is 21.5. The second-order valence-corrected chi connectivity index (χ2v) is 12.0. The predicted octanol–water partition coefficient (Wildman–Crippen LogP) is 13.7.